The molecule has 0 bridgehead atoms. The number of aromatic amines is 1. The molecule has 0 saturated heterocycles. The van der Waals surface area contributed by atoms with E-state index in [1.807, 2.05) is 0 Å². The highest BCUT2D eigenvalue weighted by atomic mass is 32.2. The van der Waals surface area contributed by atoms with Crippen molar-refractivity contribution in [2.45, 2.75) is 37.9 Å². The largest absolute Gasteiger partial charge is 0.261 e. The quantitative estimate of drug-likeness (QED) is 0.803. The van der Waals surface area contributed by atoms with Gasteiger partial charge in [-0.1, -0.05) is 12.8 Å². The second-order valence-electron chi connectivity index (χ2n) is 3.80. The molecule has 6 nitrogen and oxygen atoms in total. The number of anilines is 1. The molecule has 7 heteroatoms. The third-order valence-corrected chi connectivity index (χ3v) is 4.39. The molecule has 15 heavy (non-hydrogen) atoms. The van der Waals surface area contributed by atoms with Crippen LogP contribution in [0, 0.1) is 6.92 Å². The summed E-state index contributed by atoms with van der Waals surface area (Å²) in [5.74, 6) is 0.735. The zero-order valence-corrected chi connectivity index (χ0v) is 9.34. The van der Waals surface area contributed by atoms with Crippen molar-refractivity contribution in [1.29, 1.82) is 0 Å². The second-order valence-corrected chi connectivity index (χ2v) is 5.76. The summed E-state index contributed by atoms with van der Waals surface area (Å²) < 4.78 is 26.0. The first-order valence-electron chi connectivity index (χ1n) is 4.98. The lowest BCUT2D eigenvalue weighted by molar-refractivity contribution is 0.585. The first-order valence-corrected chi connectivity index (χ1v) is 6.53. The topological polar surface area (TPSA) is 87.7 Å². The van der Waals surface area contributed by atoms with E-state index < -0.39 is 10.0 Å². The van der Waals surface area contributed by atoms with Gasteiger partial charge in [0.25, 0.3) is 5.95 Å². The molecule has 1 aliphatic rings. The van der Waals surface area contributed by atoms with Gasteiger partial charge in [-0.2, -0.15) is 4.98 Å². The van der Waals surface area contributed by atoms with Crippen LogP contribution < -0.4 is 4.72 Å². The molecule has 0 unspecified atom stereocenters. The monoisotopic (exact) mass is 230 g/mol. The Morgan fingerprint density at radius 1 is 1.40 bits per heavy atom. The van der Waals surface area contributed by atoms with Crippen molar-refractivity contribution >= 4 is 16.0 Å². The van der Waals surface area contributed by atoms with Crippen LogP contribution in [0.4, 0.5) is 5.95 Å². The molecule has 0 aliphatic heterocycles. The number of sulfonamides is 1. The number of aryl methyl sites for hydroxylation is 1. The molecule has 0 radical (unpaired) electrons. The highest BCUT2D eigenvalue weighted by Crippen LogP contribution is 2.25. The Balaban J connectivity index is 2.10. The molecule has 84 valence electrons. The standard InChI is InChI=1S/C8H14N4O2S/c1-6-9-8(11-10-6)12-15(13,14)7-4-2-3-5-7/h7H,2-5H2,1H3,(H2,9,10,11,12). The van der Waals surface area contributed by atoms with Gasteiger partial charge in [-0.05, 0) is 19.8 Å². The van der Waals surface area contributed by atoms with E-state index in [9.17, 15) is 8.42 Å². The molecular formula is C8H14N4O2S. The number of nitrogens with one attached hydrogen (secondary N) is 2. The molecule has 0 spiro atoms. The van der Waals surface area contributed by atoms with E-state index in [0.29, 0.717) is 5.82 Å². The normalized spacial score (nSPS) is 18.2. The minimum Gasteiger partial charge on any atom is -0.261 e. The summed E-state index contributed by atoms with van der Waals surface area (Å²) in [6.45, 7) is 1.72. The Labute approximate surface area is 88.5 Å². The highest BCUT2D eigenvalue weighted by Gasteiger charge is 2.29. The average Bonchev–Trinajstić information content (AvgIpc) is 2.75. The van der Waals surface area contributed by atoms with Crippen LogP contribution in [0.2, 0.25) is 0 Å². The lowest BCUT2D eigenvalue weighted by Crippen LogP contribution is -2.25. The minimum atomic E-state index is -3.29. The van der Waals surface area contributed by atoms with E-state index in [2.05, 4.69) is 19.9 Å². The number of rotatable bonds is 3. The van der Waals surface area contributed by atoms with Crippen LogP contribution in [0.3, 0.4) is 0 Å². The number of aromatic nitrogens is 3. The summed E-state index contributed by atoms with van der Waals surface area (Å²) in [5, 5.41) is 6.06. The highest BCUT2D eigenvalue weighted by molar-refractivity contribution is 7.93. The van der Waals surface area contributed by atoms with Gasteiger partial charge in [0.2, 0.25) is 10.0 Å². The maximum Gasteiger partial charge on any atom is 0.255 e. The predicted octanol–water partition coefficient (Wildman–Crippen LogP) is 0.797. The minimum absolute atomic E-state index is 0.138. The maximum atomic E-state index is 11.8. The zero-order chi connectivity index (χ0) is 10.9. The fourth-order valence-corrected chi connectivity index (χ4v) is 3.26. The van der Waals surface area contributed by atoms with Crippen LogP contribution in [0.15, 0.2) is 0 Å². The van der Waals surface area contributed by atoms with Crippen molar-refractivity contribution in [3.63, 3.8) is 0 Å². The summed E-state index contributed by atoms with van der Waals surface area (Å²) in [6, 6.07) is 0. The van der Waals surface area contributed by atoms with Gasteiger partial charge in [0, 0.05) is 0 Å². The molecule has 0 atom stereocenters. The van der Waals surface area contributed by atoms with E-state index in [0.717, 1.165) is 25.7 Å². The Hall–Kier alpha value is -1.11. The zero-order valence-electron chi connectivity index (χ0n) is 8.52. The van der Waals surface area contributed by atoms with Crippen molar-refractivity contribution < 1.29 is 8.42 Å². The molecule has 2 rings (SSSR count). The molecule has 1 aliphatic carbocycles. The first kappa shape index (κ1) is 10.4. The molecule has 1 fully saturated rings. The van der Waals surface area contributed by atoms with Crippen molar-refractivity contribution in [2.75, 3.05) is 4.72 Å². The fourth-order valence-electron chi connectivity index (χ4n) is 1.80. The van der Waals surface area contributed by atoms with Crippen molar-refractivity contribution in [2.24, 2.45) is 0 Å². The van der Waals surface area contributed by atoms with Gasteiger partial charge >= 0.3 is 0 Å². The van der Waals surface area contributed by atoms with Crippen LogP contribution in [0.1, 0.15) is 31.5 Å². The molecule has 1 aromatic heterocycles. The lowest BCUT2D eigenvalue weighted by atomic mass is 10.4. The third kappa shape index (κ3) is 2.28. The molecule has 2 N–H and O–H groups in total. The Kier molecular flexibility index (Phi) is 2.64. The van der Waals surface area contributed by atoms with Gasteiger partial charge in [-0.25, -0.2) is 13.1 Å². The van der Waals surface area contributed by atoms with Gasteiger partial charge in [-0.3, -0.25) is 5.10 Å². The van der Waals surface area contributed by atoms with Gasteiger partial charge in [0.15, 0.2) is 0 Å². The van der Waals surface area contributed by atoms with Crippen molar-refractivity contribution in [1.82, 2.24) is 15.2 Å². The van der Waals surface area contributed by atoms with Crippen LogP contribution in [0.5, 0.6) is 0 Å². The molecule has 0 amide bonds. The second kappa shape index (κ2) is 3.80. The Morgan fingerprint density at radius 3 is 2.60 bits per heavy atom. The smallest absolute Gasteiger partial charge is 0.255 e. The molecule has 1 saturated carbocycles. The lowest BCUT2D eigenvalue weighted by Gasteiger charge is -2.10. The first-order chi connectivity index (χ1) is 7.08. The van der Waals surface area contributed by atoms with E-state index in [-0.39, 0.29) is 11.2 Å². The molecule has 0 aromatic carbocycles. The number of H-pyrrole nitrogens is 1. The van der Waals surface area contributed by atoms with Gasteiger partial charge in [-0.15, -0.1) is 5.10 Å². The SMILES string of the molecule is Cc1nc(NS(=O)(=O)C2CCCC2)n[nH]1. The average molecular weight is 230 g/mol. The predicted molar refractivity (Wildman–Crippen MR) is 55.9 cm³/mol. The van der Waals surface area contributed by atoms with E-state index in [1.54, 1.807) is 6.92 Å². The summed E-state index contributed by atoms with van der Waals surface area (Å²) in [7, 11) is -3.29. The summed E-state index contributed by atoms with van der Waals surface area (Å²) in [6.07, 6.45) is 3.44. The van der Waals surface area contributed by atoms with Gasteiger partial charge < -0.3 is 0 Å². The van der Waals surface area contributed by atoms with Crippen LogP contribution in [0.25, 0.3) is 0 Å². The maximum absolute atomic E-state index is 11.8. The number of hydrogen-bond acceptors (Lipinski definition) is 4. The van der Waals surface area contributed by atoms with Crippen LogP contribution in [-0.4, -0.2) is 28.8 Å². The van der Waals surface area contributed by atoms with E-state index in [4.69, 9.17) is 0 Å². The third-order valence-electron chi connectivity index (χ3n) is 2.57. The van der Waals surface area contributed by atoms with Crippen molar-refractivity contribution in [3.8, 4) is 0 Å². The van der Waals surface area contributed by atoms with E-state index >= 15 is 0 Å². The van der Waals surface area contributed by atoms with Crippen molar-refractivity contribution in [3.05, 3.63) is 5.82 Å². The van der Waals surface area contributed by atoms with Crippen LogP contribution in [-0.2, 0) is 10.0 Å². The van der Waals surface area contributed by atoms with E-state index in [1.165, 1.54) is 0 Å². The Morgan fingerprint density at radius 2 is 2.07 bits per heavy atom. The number of hydrogen-bond donors (Lipinski definition) is 2. The summed E-state index contributed by atoms with van der Waals surface area (Å²) in [4.78, 5) is 3.91. The molecule has 1 heterocycles. The molecular weight excluding hydrogens is 216 g/mol. The van der Waals surface area contributed by atoms with Gasteiger partial charge in [0.05, 0.1) is 5.25 Å². The Bertz CT molecular complexity index is 433. The summed E-state index contributed by atoms with van der Waals surface area (Å²) >= 11 is 0. The fraction of sp³-hybridized carbons (Fsp3) is 0.750. The summed E-state index contributed by atoms with van der Waals surface area (Å²) in [5.41, 5.74) is 0. The molecule has 1 aromatic rings. The number of nitrogens with zero attached hydrogens (tertiary/aromatic N) is 2. The van der Waals surface area contributed by atoms with Crippen LogP contribution >= 0.6 is 0 Å². The van der Waals surface area contributed by atoms with Gasteiger partial charge in [0.1, 0.15) is 5.82 Å².